The Morgan fingerprint density at radius 3 is 2.44 bits per heavy atom. The van der Waals surface area contributed by atoms with Gasteiger partial charge in [-0.2, -0.15) is 0 Å². The molecule has 25 heavy (non-hydrogen) atoms. The van der Waals surface area contributed by atoms with Crippen molar-refractivity contribution < 1.29 is 19.1 Å². The zero-order valence-corrected chi connectivity index (χ0v) is 14.2. The zero-order valence-electron chi connectivity index (χ0n) is 14.2. The molecule has 3 rings (SSSR count). The van der Waals surface area contributed by atoms with E-state index in [4.69, 9.17) is 9.47 Å². The monoisotopic (exact) mass is 339 g/mol. The Bertz CT molecular complexity index is 744. The summed E-state index contributed by atoms with van der Waals surface area (Å²) in [6.07, 6.45) is 1.51. The third-order valence-corrected chi connectivity index (χ3v) is 4.35. The minimum absolute atomic E-state index is 0.0104. The molecule has 0 bridgehead atoms. The second-order valence-electron chi connectivity index (χ2n) is 5.91. The van der Waals surface area contributed by atoms with Gasteiger partial charge in [-0.15, -0.1) is 0 Å². The first-order chi connectivity index (χ1) is 12.2. The molecule has 130 valence electrons. The highest BCUT2D eigenvalue weighted by Crippen LogP contribution is 2.26. The van der Waals surface area contributed by atoms with Crippen molar-refractivity contribution in [2.24, 2.45) is 0 Å². The largest absolute Gasteiger partial charge is 0.493 e. The predicted molar refractivity (Wildman–Crippen MR) is 94.0 cm³/mol. The summed E-state index contributed by atoms with van der Waals surface area (Å²) in [4.78, 5) is 26.9. The molecule has 0 saturated carbocycles. The lowest BCUT2D eigenvalue weighted by Gasteiger charge is -2.24. The van der Waals surface area contributed by atoms with Crippen LogP contribution in [0, 0.1) is 0 Å². The molecule has 0 N–H and O–H groups in total. The Morgan fingerprint density at radius 1 is 1.04 bits per heavy atom. The highest BCUT2D eigenvalue weighted by molar-refractivity contribution is 6.02. The van der Waals surface area contributed by atoms with Gasteiger partial charge in [0.2, 0.25) is 0 Å². The Labute approximate surface area is 147 Å². The maximum atomic E-state index is 12.7. The molecule has 1 atom stereocenters. The minimum Gasteiger partial charge on any atom is -0.493 e. The van der Waals surface area contributed by atoms with Crippen LogP contribution in [-0.2, 0) is 4.79 Å². The fourth-order valence-corrected chi connectivity index (χ4v) is 3.09. The van der Waals surface area contributed by atoms with Crippen molar-refractivity contribution in [1.82, 2.24) is 4.90 Å². The number of hydrogen-bond acceptors (Lipinski definition) is 4. The van der Waals surface area contributed by atoms with Crippen LogP contribution in [0.15, 0.2) is 54.6 Å². The Balaban J connectivity index is 1.66. The number of hydrogen-bond donors (Lipinski definition) is 0. The van der Waals surface area contributed by atoms with Crippen molar-refractivity contribution in [3.63, 3.8) is 0 Å². The number of likely N-dealkylation sites (tertiary alicyclic amines) is 1. The van der Waals surface area contributed by atoms with E-state index in [1.54, 1.807) is 36.3 Å². The number of Topliss-reactive ketones (excluding diaryl/α,β-unsaturated/α-hetero) is 1. The molecule has 1 unspecified atom stereocenters. The number of ether oxygens (including phenoxy) is 2. The van der Waals surface area contributed by atoms with Gasteiger partial charge in [0.15, 0.2) is 23.9 Å². The number of methoxy groups -OCH3 is 1. The van der Waals surface area contributed by atoms with Gasteiger partial charge in [-0.3, -0.25) is 9.59 Å². The third-order valence-electron chi connectivity index (χ3n) is 4.35. The van der Waals surface area contributed by atoms with Gasteiger partial charge >= 0.3 is 0 Å². The molecule has 0 aromatic heterocycles. The number of para-hydroxylation sites is 2. The lowest BCUT2D eigenvalue weighted by Crippen LogP contribution is -2.42. The van der Waals surface area contributed by atoms with Crippen molar-refractivity contribution in [3.8, 4) is 11.5 Å². The lowest BCUT2D eigenvalue weighted by atomic mass is 10.0. The third kappa shape index (κ3) is 3.82. The van der Waals surface area contributed by atoms with Crippen LogP contribution in [0.5, 0.6) is 11.5 Å². The van der Waals surface area contributed by atoms with Gasteiger partial charge in [0, 0.05) is 12.1 Å². The van der Waals surface area contributed by atoms with Crippen LogP contribution in [0.3, 0.4) is 0 Å². The van der Waals surface area contributed by atoms with E-state index in [2.05, 4.69) is 0 Å². The molecule has 0 aliphatic carbocycles. The zero-order chi connectivity index (χ0) is 17.6. The summed E-state index contributed by atoms with van der Waals surface area (Å²) >= 11 is 0. The fourth-order valence-electron chi connectivity index (χ4n) is 3.09. The van der Waals surface area contributed by atoms with Crippen molar-refractivity contribution in [1.29, 1.82) is 0 Å². The summed E-state index contributed by atoms with van der Waals surface area (Å²) in [5.74, 6) is 0.901. The van der Waals surface area contributed by atoms with Gasteiger partial charge in [-0.1, -0.05) is 42.5 Å². The van der Waals surface area contributed by atoms with Gasteiger partial charge < -0.3 is 14.4 Å². The molecular weight excluding hydrogens is 318 g/mol. The normalized spacial score (nSPS) is 16.5. The number of benzene rings is 2. The molecule has 2 aromatic carbocycles. The molecule has 1 saturated heterocycles. The molecular formula is C20H21NO4. The van der Waals surface area contributed by atoms with Gasteiger partial charge in [0.1, 0.15) is 0 Å². The van der Waals surface area contributed by atoms with Crippen LogP contribution in [0.25, 0.3) is 0 Å². The van der Waals surface area contributed by atoms with Crippen molar-refractivity contribution in [2.45, 2.75) is 18.9 Å². The van der Waals surface area contributed by atoms with Crippen LogP contribution < -0.4 is 9.47 Å². The number of nitrogens with zero attached hydrogens (tertiary/aromatic N) is 1. The summed E-state index contributed by atoms with van der Waals surface area (Å²) in [6, 6.07) is 15.9. The van der Waals surface area contributed by atoms with Gasteiger partial charge in [0.05, 0.1) is 13.2 Å². The predicted octanol–water partition coefficient (Wildman–Crippen LogP) is 2.95. The second kappa shape index (κ2) is 7.83. The van der Waals surface area contributed by atoms with E-state index in [-0.39, 0.29) is 18.3 Å². The first-order valence-corrected chi connectivity index (χ1v) is 8.35. The quantitative estimate of drug-likeness (QED) is 0.759. The number of ketones is 1. The number of carbonyl (C=O) groups excluding carboxylic acids is 2. The second-order valence-corrected chi connectivity index (χ2v) is 5.91. The van der Waals surface area contributed by atoms with Crippen molar-refractivity contribution in [3.05, 3.63) is 60.2 Å². The smallest absolute Gasteiger partial charge is 0.261 e. The molecule has 2 aromatic rings. The minimum atomic E-state index is -0.406. The average molecular weight is 339 g/mol. The van der Waals surface area contributed by atoms with Crippen LogP contribution >= 0.6 is 0 Å². The topological polar surface area (TPSA) is 55.8 Å². The van der Waals surface area contributed by atoms with Crippen molar-refractivity contribution >= 4 is 11.7 Å². The van der Waals surface area contributed by atoms with Gasteiger partial charge in [0.25, 0.3) is 5.91 Å². The summed E-state index contributed by atoms with van der Waals surface area (Å²) in [6.45, 7) is 0.469. The molecule has 5 heteroatoms. The maximum Gasteiger partial charge on any atom is 0.261 e. The molecule has 1 heterocycles. The van der Waals surface area contributed by atoms with E-state index in [0.29, 0.717) is 30.0 Å². The van der Waals surface area contributed by atoms with Crippen LogP contribution in [0.4, 0.5) is 0 Å². The maximum absolute atomic E-state index is 12.7. The molecule has 0 spiro atoms. The standard InChI is InChI=1S/C20H21NO4/c1-24-17-11-5-6-12-18(17)25-14-19(22)21-13-7-10-16(21)20(23)15-8-3-2-4-9-15/h2-6,8-9,11-12,16H,7,10,13-14H2,1H3. The highest BCUT2D eigenvalue weighted by atomic mass is 16.5. The van der Waals surface area contributed by atoms with E-state index in [1.807, 2.05) is 30.3 Å². The summed E-state index contributed by atoms with van der Waals surface area (Å²) in [5.41, 5.74) is 0.637. The Kier molecular flexibility index (Phi) is 5.33. The van der Waals surface area contributed by atoms with E-state index in [9.17, 15) is 9.59 Å². The molecule has 1 amide bonds. The first-order valence-electron chi connectivity index (χ1n) is 8.35. The molecule has 0 radical (unpaired) electrons. The number of rotatable bonds is 6. The summed E-state index contributed by atoms with van der Waals surface area (Å²) in [5, 5.41) is 0. The lowest BCUT2D eigenvalue weighted by molar-refractivity contribution is -0.133. The van der Waals surface area contributed by atoms with Crippen LogP contribution in [-0.4, -0.2) is 42.9 Å². The average Bonchev–Trinajstić information content (AvgIpc) is 3.16. The molecule has 1 aliphatic rings. The van der Waals surface area contributed by atoms with E-state index in [0.717, 1.165) is 6.42 Å². The van der Waals surface area contributed by atoms with Gasteiger partial charge in [-0.25, -0.2) is 0 Å². The van der Waals surface area contributed by atoms with Crippen LogP contribution in [0.2, 0.25) is 0 Å². The molecule has 5 nitrogen and oxygen atoms in total. The van der Waals surface area contributed by atoms with E-state index in [1.165, 1.54) is 0 Å². The fraction of sp³-hybridized carbons (Fsp3) is 0.300. The van der Waals surface area contributed by atoms with E-state index >= 15 is 0 Å². The Morgan fingerprint density at radius 2 is 1.72 bits per heavy atom. The van der Waals surface area contributed by atoms with Gasteiger partial charge in [-0.05, 0) is 25.0 Å². The van der Waals surface area contributed by atoms with Crippen LogP contribution in [0.1, 0.15) is 23.2 Å². The SMILES string of the molecule is COc1ccccc1OCC(=O)N1CCCC1C(=O)c1ccccc1. The van der Waals surface area contributed by atoms with E-state index < -0.39 is 6.04 Å². The summed E-state index contributed by atoms with van der Waals surface area (Å²) < 4.78 is 10.8. The molecule has 1 aliphatic heterocycles. The summed E-state index contributed by atoms with van der Waals surface area (Å²) in [7, 11) is 1.55. The number of amides is 1. The number of carbonyl (C=O) groups is 2. The molecule has 1 fully saturated rings. The highest BCUT2D eigenvalue weighted by Gasteiger charge is 2.34. The van der Waals surface area contributed by atoms with Crippen molar-refractivity contribution in [2.75, 3.05) is 20.3 Å². The Hall–Kier alpha value is -2.82. The first kappa shape index (κ1) is 17.0.